The Morgan fingerprint density at radius 2 is 1.95 bits per heavy atom. The Morgan fingerprint density at radius 1 is 1.37 bits per heavy atom. The van der Waals surface area contributed by atoms with Gasteiger partial charge in [-0.2, -0.15) is 0 Å². The van der Waals surface area contributed by atoms with E-state index in [9.17, 15) is 9.90 Å². The van der Waals surface area contributed by atoms with E-state index in [-0.39, 0.29) is 61.8 Å². The summed E-state index contributed by atoms with van der Waals surface area (Å²) in [5.74, 6) is 0.152. The van der Waals surface area contributed by atoms with Gasteiger partial charge in [-0.25, -0.2) is 5.06 Å². The maximum Gasteiger partial charge on any atom is 0.265 e. The third-order valence-electron chi connectivity index (χ3n) is 3.09. The van der Waals surface area contributed by atoms with Crippen molar-refractivity contribution in [2.45, 2.75) is 32.0 Å². The van der Waals surface area contributed by atoms with Crippen molar-refractivity contribution in [2.24, 2.45) is 0 Å². The smallest absolute Gasteiger partial charge is 0.265 e. The van der Waals surface area contributed by atoms with E-state index >= 15 is 0 Å². The molecule has 0 saturated carbocycles. The van der Waals surface area contributed by atoms with Crippen LogP contribution >= 0.6 is 0 Å². The molecule has 5 nitrogen and oxygen atoms in total. The van der Waals surface area contributed by atoms with E-state index in [1.165, 1.54) is 12.2 Å². The number of carbonyl (C=O) groups is 1. The maximum atomic E-state index is 12.1. The van der Waals surface area contributed by atoms with Crippen LogP contribution in [0.3, 0.4) is 0 Å². The molecular formula is C13H18AcN2O3. The van der Waals surface area contributed by atoms with E-state index in [0.717, 1.165) is 5.56 Å². The summed E-state index contributed by atoms with van der Waals surface area (Å²) in [5, 5.41) is 13.8. The summed E-state index contributed by atoms with van der Waals surface area (Å²) in [4.78, 5) is 17.2. The molecule has 1 amide bonds. The van der Waals surface area contributed by atoms with Gasteiger partial charge in [-0.3, -0.25) is 14.9 Å². The van der Waals surface area contributed by atoms with E-state index in [1.807, 2.05) is 26.0 Å². The Morgan fingerprint density at radius 3 is 2.42 bits per heavy atom. The largest absolute Gasteiger partial charge is 0.508 e. The molecule has 6 heteroatoms. The number of hydroxylamine groups is 2. The van der Waals surface area contributed by atoms with E-state index in [0.29, 0.717) is 6.42 Å². The summed E-state index contributed by atoms with van der Waals surface area (Å²) in [6.07, 6.45) is 0.572. The number of nitrogens with one attached hydrogen (secondary N) is 1. The average Bonchev–Trinajstić information content (AvgIpc) is 2.52. The second kappa shape index (κ2) is 6.54. The van der Waals surface area contributed by atoms with Crippen molar-refractivity contribution in [3.8, 4) is 5.75 Å². The number of amides is 1. The molecule has 1 heterocycles. The molecule has 0 bridgehead atoms. The van der Waals surface area contributed by atoms with Crippen LogP contribution in [0.5, 0.6) is 5.75 Å². The predicted molar refractivity (Wildman–Crippen MR) is 66.7 cm³/mol. The van der Waals surface area contributed by atoms with Crippen molar-refractivity contribution in [2.75, 3.05) is 7.11 Å². The third-order valence-corrected chi connectivity index (χ3v) is 3.09. The molecule has 1 aromatic rings. The van der Waals surface area contributed by atoms with Gasteiger partial charge in [0.1, 0.15) is 11.4 Å². The van der Waals surface area contributed by atoms with Crippen LogP contribution in [-0.2, 0) is 16.1 Å². The number of benzene rings is 1. The SMILES string of the molecule is CON1C(=O)[C@H](Cc2ccc(O)cc2)NC1(C)C.[Ac]. The molecule has 101 valence electrons. The minimum atomic E-state index is -0.507. The predicted octanol–water partition coefficient (Wildman–Crippen LogP) is 1.03. The minimum Gasteiger partial charge on any atom is -0.508 e. The van der Waals surface area contributed by atoms with Crippen LogP contribution in [0.1, 0.15) is 19.4 Å². The molecular weight excluding hydrogens is 459 g/mol. The van der Waals surface area contributed by atoms with Gasteiger partial charge < -0.3 is 5.11 Å². The fourth-order valence-electron chi connectivity index (χ4n) is 2.29. The zero-order valence-corrected chi connectivity index (χ0v) is 16.1. The van der Waals surface area contributed by atoms with Crippen molar-refractivity contribution in [1.29, 1.82) is 0 Å². The van der Waals surface area contributed by atoms with Crippen LogP contribution in [0, 0.1) is 44.1 Å². The van der Waals surface area contributed by atoms with Gasteiger partial charge in [-0.1, -0.05) is 12.1 Å². The normalized spacial score (nSPS) is 21.3. The molecule has 1 aliphatic rings. The summed E-state index contributed by atoms with van der Waals surface area (Å²) in [6, 6.07) is 6.56. The van der Waals surface area contributed by atoms with Crippen molar-refractivity contribution in [3.63, 3.8) is 0 Å². The molecule has 1 radical (unpaired) electrons. The topological polar surface area (TPSA) is 61.8 Å². The third kappa shape index (κ3) is 3.69. The van der Waals surface area contributed by atoms with Gasteiger partial charge in [0.25, 0.3) is 5.91 Å². The van der Waals surface area contributed by atoms with Gasteiger partial charge in [0.15, 0.2) is 0 Å². The molecule has 1 fully saturated rings. The number of hydrogen-bond acceptors (Lipinski definition) is 4. The Bertz CT molecular complexity index is 448. The zero-order chi connectivity index (χ0) is 13.3. The molecule has 1 saturated heterocycles. The van der Waals surface area contributed by atoms with Gasteiger partial charge in [0.05, 0.1) is 13.2 Å². The second-order valence-electron chi connectivity index (χ2n) is 4.94. The van der Waals surface area contributed by atoms with E-state index in [2.05, 4.69) is 5.32 Å². The Labute approximate surface area is 148 Å². The van der Waals surface area contributed by atoms with Crippen LogP contribution in [0.25, 0.3) is 0 Å². The van der Waals surface area contributed by atoms with Gasteiger partial charge in [0.2, 0.25) is 0 Å². The molecule has 0 spiro atoms. The van der Waals surface area contributed by atoms with Crippen LogP contribution in [0.4, 0.5) is 0 Å². The number of rotatable bonds is 3. The fourth-order valence-corrected chi connectivity index (χ4v) is 2.29. The van der Waals surface area contributed by atoms with Crippen molar-refractivity contribution >= 4 is 5.91 Å². The number of hydrogen-bond donors (Lipinski definition) is 2. The number of carbonyl (C=O) groups excluding carboxylic acids is 1. The average molecular weight is 477 g/mol. The molecule has 1 atom stereocenters. The van der Waals surface area contributed by atoms with E-state index in [1.54, 1.807) is 12.1 Å². The molecule has 2 rings (SSSR count). The molecule has 0 unspecified atom stereocenters. The Balaban J connectivity index is 0.00000180. The minimum absolute atomic E-state index is 0. The van der Waals surface area contributed by atoms with Crippen molar-refractivity contribution in [3.05, 3.63) is 29.8 Å². The number of aromatic hydroxyl groups is 1. The van der Waals surface area contributed by atoms with E-state index in [4.69, 9.17) is 4.84 Å². The quantitative estimate of drug-likeness (QED) is 0.684. The van der Waals surface area contributed by atoms with Crippen LogP contribution in [0.15, 0.2) is 24.3 Å². The molecule has 0 aromatic heterocycles. The van der Waals surface area contributed by atoms with E-state index < -0.39 is 5.66 Å². The Kier molecular flexibility index (Phi) is 5.81. The summed E-state index contributed by atoms with van der Waals surface area (Å²) in [7, 11) is 1.49. The monoisotopic (exact) mass is 477 g/mol. The van der Waals surface area contributed by atoms with Crippen molar-refractivity contribution in [1.82, 2.24) is 10.4 Å². The first-order valence-electron chi connectivity index (χ1n) is 5.88. The number of nitrogens with zero attached hydrogens (tertiary/aromatic N) is 1. The van der Waals surface area contributed by atoms with Crippen LogP contribution in [-0.4, -0.2) is 34.9 Å². The van der Waals surface area contributed by atoms with Gasteiger partial charge in [-0.05, 0) is 38.0 Å². The molecule has 0 aliphatic carbocycles. The molecule has 1 aliphatic heterocycles. The zero-order valence-electron chi connectivity index (χ0n) is 11.4. The molecule has 1 aromatic carbocycles. The van der Waals surface area contributed by atoms with Gasteiger partial charge in [0, 0.05) is 44.1 Å². The summed E-state index contributed by atoms with van der Waals surface area (Å²) >= 11 is 0. The molecule has 2 N–H and O–H groups in total. The standard InChI is InChI=1S/C13H18N2O3.Ac/c1-13(2)14-11(12(17)15(13)18-3)8-9-4-6-10(16)7-5-9;/h4-7,11,14,16H,8H2,1-3H3;/t11-;/m0./s1. The summed E-state index contributed by atoms with van der Waals surface area (Å²) in [6.45, 7) is 3.79. The van der Waals surface area contributed by atoms with Crippen LogP contribution < -0.4 is 5.32 Å². The van der Waals surface area contributed by atoms with Crippen molar-refractivity contribution < 1.29 is 58.8 Å². The first kappa shape index (κ1) is 16.9. The maximum absolute atomic E-state index is 12.1. The Hall–Kier alpha value is -0.148. The van der Waals surface area contributed by atoms with Gasteiger partial charge >= 0.3 is 0 Å². The van der Waals surface area contributed by atoms with Gasteiger partial charge in [-0.15, -0.1) is 0 Å². The number of phenols is 1. The summed E-state index contributed by atoms with van der Waals surface area (Å²) in [5.41, 5.74) is 0.486. The first-order valence-corrected chi connectivity index (χ1v) is 5.88. The molecule has 19 heavy (non-hydrogen) atoms. The second-order valence-corrected chi connectivity index (χ2v) is 4.94. The first-order chi connectivity index (χ1) is 8.44. The summed E-state index contributed by atoms with van der Waals surface area (Å²) < 4.78 is 0. The van der Waals surface area contributed by atoms with Crippen LogP contribution in [0.2, 0.25) is 0 Å². The fraction of sp³-hybridized carbons (Fsp3) is 0.462. The number of phenolic OH excluding ortho intramolecular Hbond substituents is 1.